The zero-order chi connectivity index (χ0) is 46.5. The van der Waals surface area contributed by atoms with Gasteiger partial charge >= 0.3 is 0 Å². The average molecular weight is 895 g/mol. The van der Waals surface area contributed by atoms with E-state index in [1.165, 1.54) is 13.2 Å². The van der Waals surface area contributed by atoms with Crippen LogP contribution in [-0.2, 0) is 22.4 Å². The predicted octanol–water partition coefficient (Wildman–Crippen LogP) is 4.06. The second kappa shape index (κ2) is 31.2. The lowest BCUT2D eigenvalue weighted by molar-refractivity contribution is -0.123. The monoisotopic (exact) mass is 895 g/mol. The molecular weight excluding hydrogens is 817 g/mol. The van der Waals surface area contributed by atoms with Crippen LogP contribution in [0.4, 0.5) is 0 Å². The highest BCUT2D eigenvalue weighted by Crippen LogP contribution is 2.41. The van der Waals surface area contributed by atoms with Crippen molar-refractivity contribution in [1.29, 1.82) is 0 Å². The van der Waals surface area contributed by atoms with Crippen LogP contribution >= 0.6 is 0 Å². The molecule has 0 saturated heterocycles. The van der Waals surface area contributed by atoms with Gasteiger partial charge in [0.1, 0.15) is 28.1 Å². The molecule has 0 aliphatic heterocycles. The van der Waals surface area contributed by atoms with Crippen molar-refractivity contribution in [3.63, 3.8) is 0 Å². The van der Waals surface area contributed by atoms with Crippen LogP contribution in [0, 0.1) is 0 Å². The molecule has 16 nitrogen and oxygen atoms in total. The van der Waals surface area contributed by atoms with E-state index in [-0.39, 0.29) is 76.4 Å². The first-order valence-corrected chi connectivity index (χ1v) is 23.2. The summed E-state index contributed by atoms with van der Waals surface area (Å²) in [6.45, 7) is 16.8. The molecule has 0 saturated carbocycles. The first-order chi connectivity index (χ1) is 31.0. The number of nitrogens with two attached hydrogens (primary N) is 2. The molecule has 0 fully saturated rings. The fourth-order valence-electron chi connectivity index (χ4n) is 6.89. The molecule has 358 valence electrons. The number of hydrogen-bond donors (Lipinski definition) is 9. The van der Waals surface area contributed by atoms with Gasteiger partial charge in [0.05, 0.1) is 12.5 Å². The quantitative estimate of drug-likeness (QED) is 0.0230. The fourth-order valence-corrected chi connectivity index (χ4v) is 6.89. The Morgan fingerprint density at radius 2 is 1.03 bits per heavy atom. The standard InChI is InChI=1S/C48H78N8O8/c1-34(2)14-16-36-38(62-32-42(57)55-28-12-26-53-22-8-6-20-51-24-10-18-49)30-40-45(46(36)59)47(60)44-37(17-15-35(3)4)48(61-5)41(31-39(44)64-40)63-33-43(58)56-29-13-27-54-23-9-7-21-52-25-11-19-50/h14-15,30-31,51-54,59H,6-13,16-29,32-33,49-50H2,1-5H3,(H,55,57)(H,56,58). The van der Waals surface area contributed by atoms with E-state index in [1.54, 1.807) is 6.07 Å². The third-order valence-electron chi connectivity index (χ3n) is 10.4. The number of phenolic OH excluding ortho intramolecular Hbond substituents is 1. The minimum atomic E-state index is -0.461. The summed E-state index contributed by atoms with van der Waals surface area (Å²) in [7, 11) is 1.48. The lowest BCUT2D eigenvalue weighted by Gasteiger charge is -2.18. The number of fused-ring (bicyclic) bond motifs is 2. The van der Waals surface area contributed by atoms with Crippen molar-refractivity contribution < 1.29 is 33.3 Å². The Bertz CT molecular complexity index is 1990. The molecule has 0 aliphatic rings. The summed E-state index contributed by atoms with van der Waals surface area (Å²) in [5.74, 6) is -0.179. The van der Waals surface area contributed by atoms with E-state index in [0.29, 0.717) is 43.7 Å². The molecule has 0 unspecified atom stereocenters. The maximum absolute atomic E-state index is 14.5. The molecule has 16 heteroatoms. The summed E-state index contributed by atoms with van der Waals surface area (Å²) in [5.41, 5.74) is 13.7. The SMILES string of the molecule is COc1c(OCC(=O)NCCCNCCCCNCCCN)cc2oc3cc(OCC(=O)NCCCNCCCCNCCCN)c(CC=C(C)C)c(O)c3c(=O)c2c1CC=C(C)C. The van der Waals surface area contributed by atoms with Crippen LogP contribution in [0.3, 0.4) is 0 Å². The van der Waals surface area contributed by atoms with Gasteiger partial charge in [0.2, 0.25) is 5.43 Å². The number of nitrogens with one attached hydrogen (secondary N) is 6. The first kappa shape index (κ1) is 53.6. The summed E-state index contributed by atoms with van der Waals surface area (Å²) >= 11 is 0. The summed E-state index contributed by atoms with van der Waals surface area (Å²) < 4.78 is 24.3. The van der Waals surface area contributed by atoms with Crippen molar-refractivity contribution in [1.82, 2.24) is 31.9 Å². The largest absolute Gasteiger partial charge is 0.507 e. The summed E-state index contributed by atoms with van der Waals surface area (Å²) in [6, 6.07) is 3.07. The van der Waals surface area contributed by atoms with E-state index in [4.69, 9.17) is 30.1 Å². The normalized spacial score (nSPS) is 11.2. The summed E-state index contributed by atoms with van der Waals surface area (Å²) in [5, 5.41) is 31.4. The van der Waals surface area contributed by atoms with Gasteiger partial charge in [0.15, 0.2) is 24.7 Å². The number of allylic oxidation sites excluding steroid dienone is 4. The maximum Gasteiger partial charge on any atom is 0.257 e. The molecule has 0 atom stereocenters. The zero-order valence-corrected chi connectivity index (χ0v) is 39.2. The van der Waals surface area contributed by atoms with Gasteiger partial charge in [-0.1, -0.05) is 23.3 Å². The highest BCUT2D eigenvalue weighted by atomic mass is 16.5. The van der Waals surface area contributed by atoms with Gasteiger partial charge in [-0.3, -0.25) is 14.4 Å². The van der Waals surface area contributed by atoms with Crippen LogP contribution in [0.1, 0.15) is 90.2 Å². The molecule has 3 rings (SSSR count). The van der Waals surface area contributed by atoms with Crippen LogP contribution in [0.25, 0.3) is 21.9 Å². The first-order valence-electron chi connectivity index (χ1n) is 23.2. The van der Waals surface area contributed by atoms with E-state index < -0.39 is 5.43 Å². The number of methoxy groups -OCH3 is 1. The van der Waals surface area contributed by atoms with Crippen molar-refractivity contribution >= 4 is 33.8 Å². The van der Waals surface area contributed by atoms with Crippen LogP contribution in [0.15, 0.2) is 44.6 Å². The van der Waals surface area contributed by atoms with Crippen LogP contribution < -0.4 is 63.0 Å². The van der Waals surface area contributed by atoms with Crippen molar-refractivity contribution in [3.05, 3.63) is 56.8 Å². The number of carbonyl (C=O) groups is 2. The van der Waals surface area contributed by atoms with Gasteiger partial charge in [-0.15, -0.1) is 0 Å². The highest BCUT2D eigenvalue weighted by molar-refractivity contribution is 5.98. The molecule has 3 aromatic rings. The fraction of sp³-hybridized carbons (Fsp3) is 0.604. The Morgan fingerprint density at radius 1 is 0.609 bits per heavy atom. The zero-order valence-electron chi connectivity index (χ0n) is 39.2. The molecule has 64 heavy (non-hydrogen) atoms. The summed E-state index contributed by atoms with van der Waals surface area (Å²) in [4.78, 5) is 40.3. The van der Waals surface area contributed by atoms with E-state index in [9.17, 15) is 19.5 Å². The predicted molar refractivity (Wildman–Crippen MR) is 258 cm³/mol. The molecule has 0 radical (unpaired) electrons. The molecule has 11 N–H and O–H groups in total. The lowest BCUT2D eigenvalue weighted by atomic mass is 9.98. The number of carbonyl (C=O) groups excluding carboxylic acids is 2. The number of benzene rings is 2. The Hall–Kier alpha value is -4.71. The van der Waals surface area contributed by atoms with E-state index >= 15 is 0 Å². The van der Waals surface area contributed by atoms with E-state index in [2.05, 4.69) is 31.9 Å². The Morgan fingerprint density at radius 3 is 1.50 bits per heavy atom. The Labute approximate surface area is 380 Å². The molecule has 2 aromatic carbocycles. The van der Waals surface area contributed by atoms with Crippen LogP contribution in [0.2, 0.25) is 0 Å². The number of ether oxygens (including phenoxy) is 3. The molecule has 1 aromatic heterocycles. The number of hydrogen-bond acceptors (Lipinski definition) is 14. The van der Waals surface area contributed by atoms with Gasteiger partial charge < -0.3 is 67.1 Å². The lowest BCUT2D eigenvalue weighted by Crippen LogP contribution is -2.31. The number of phenols is 1. The number of unbranched alkanes of at least 4 members (excludes halogenated alkanes) is 2. The summed E-state index contributed by atoms with van der Waals surface area (Å²) in [6.07, 6.45) is 12.2. The van der Waals surface area contributed by atoms with Gasteiger partial charge in [0, 0.05) is 36.3 Å². The van der Waals surface area contributed by atoms with Crippen molar-refractivity contribution in [3.8, 4) is 23.0 Å². The molecule has 1 heterocycles. The minimum Gasteiger partial charge on any atom is -0.507 e. The van der Waals surface area contributed by atoms with E-state index in [1.807, 2.05) is 39.8 Å². The number of rotatable bonds is 35. The molecule has 0 spiro atoms. The minimum absolute atomic E-state index is 0.0183. The topological polar surface area (TPSA) is 236 Å². The highest BCUT2D eigenvalue weighted by Gasteiger charge is 2.25. The van der Waals surface area contributed by atoms with Crippen LogP contribution in [-0.4, -0.2) is 116 Å². The van der Waals surface area contributed by atoms with Gasteiger partial charge in [0.25, 0.3) is 11.8 Å². The maximum atomic E-state index is 14.5. The van der Waals surface area contributed by atoms with Crippen LogP contribution in [0.5, 0.6) is 23.0 Å². The molecule has 0 aliphatic carbocycles. The molecular formula is C48H78N8O8. The van der Waals surface area contributed by atoms with Crippen molar-refractivity contribution in [2.45, 2.75) is 91.9 Å². The third-order valence-corrected chi connectivity index (χ3v) is 10.4. The molecule has 2 amide bonds. The second-order valence-electron chi connectivity index (χ2n) is 16.4. The van der Waals surface area contributed by atoms with Crippen molar-refractivity contribution in [2.24, 2.45) is 11.5 Å². The Kier molecular flexibility index (Phi) is 26.2. The molecule has 0 bridgehead atoms. The van der Waals surface area contributed by atoms with Gasteiger partial charge in [-0.05, 0) is 157 Å². The smallest absolute Gasteiger partial charge is 0.257 e. The van der Waals surface area contributed by atoms with Gasteiger partial charge in [-0.2, -0.15) is 0 Å². The third kappa shape index (κ3) is 19.2. The second-order valence-corrected chi connectivity index (χ2v) is 16.4. The van der Waals surface area contributed by atoms with Gasteiger partial charge in [-0.25, -0.2) is 0 Å². The average Bonchev–Trinajstić information content (AvgIpc) is 3.26. The number of amides is 2. The number of aromatic hydroxyl groups is 1. The van der Waals surface area contributed by atoms with Crippen molar-refractivity contribution in [2.75, 3.05) is 98.9 Å². The van der Waals surface area contributed by atoms with E-state index in [0.717, 1.165) is 115 Å². The Balaban J connectivity index is 1.74.